The van der Waals surface area contributed by atoms with Gasteiger partial charge in [-0.15, -0.1) is 0 Å². The second-order valence-electron chi connectivity index (χ2n) is 5.08. The summed E-state index contributed by atoms with van der Waals surface area (Å²) in [5.41, 5.74) is -0.273. The Morgan fingerprint density at radius 1 is 1.35 bits per heavy atom. The zero-order valence-electron chi connectivity index (χ0n) is 10.5. The Labute approximate surface area is 101 Å². The summed E-state index contributed by atoms with van der Waals surface area (Å²) >= 11 is 0. The topological polar surface area (TPSA) is 37.3 Å². The molecule has 1 aromatic carbocycles. The first kappa shape index (κ1) is 13.7. The lowest BCUT2D eigenvalue weighted by Gasteiger charge is -2.26. The monoisotopic (exact) mass is 238 g/mol. The van der Waals surface area contributed by atoms with Gasteiger partial charge in [0.1, 0.15) is 5.82 Å². The van der Waals surface area contributed by atoms with E-state index in [1.165, 1.54) is 12.1 Å². The van der Waals surface area contributed by atoms with E-state index in [9.17, 15) is 14.3 Å². The molecule has 0 spiro atoms. The summed E-state index contributed by atoms with van der Waals surface area (Å²) < 4.78 is 12.8. The van der Waals surface area contributed by atoms with Crippen molar-refractivity contribution in [1.29, 1.82) is 0 Å². The smallest absolute Gasteiger partial charge is 0.313 e. The maximum atomic E-state index is 12.8. The molecule has 0 amide bonds. The molecule has 0 aliphatic heterocycles. The van der Waals surface area contributed by atoms with Crippen LogP contribution in [0, 0.1) is 11.7 Å². The summed E-state index contributed by atoms with van der Waals surface area (Å²) in [6.07, 6.45) is 1.39. The van der Waals surface area contributed by atoms with E-state index in [1.54, 1.807) is 19.1 Å². The van der Waals surface area contributed by atoms with Crippen LogP contribution in [0.15, 0.2) is 24.3 Å². The average molecular weight is 238 g/mol. The molecule has 3 heteroatoms. The molecule has 17 heavy (non-hydrogen) atoms. The van der Waals surface area contributed by atoms with E-state index in [0.29, 0.717) is 17.9 Å². The normalized spacial score (nSPS) is 14.6. The number of benzene rings is 1. The Balaban J connectivity index is 2.98. The quantitative estimate of drug-likeness (QED) is 0.851. The van der Waals surface area contributed by atoms with E-state index in [-0.39, 0.29) is 5.82 Å². The molecule has 0 unspecified atom stereocenters. The van der Waals surface area contributed by atoms with Crippen LogP contribution >= 0.6 is 0 Å². The Morgan fingerprint density at radius 3 is 2.29 bits per heavy atom. The Hall–Kier alpha value is -1.38. The van der Waals surface area contributed by atoms with Crippen LogP contribution in [0.3, 0.4) is 0 Å². The van der Waals surface area contributed by atoms with Crippen molar-refractivity contribution in [2.45, 2.75) is 39.0 Å². The third-order valence-electron chi connectivity index (χ3n) is 3.18. The van der Waals surface area contributed by atoms with Crippen molar-refractivity contribution in [3.63, 3.8) is 0 Å². The molecule has 0 radical (unpaired) electrons. The molecule has 1 atom stereocenters. The summed E-state index contributed by atoms with van der Waals surface area (Å²) in [4.78, 5) is 11.4. The lowest BCUT2D eigenvalue weighted by Crippen LogP contribution is -2.32. The van der Waals surface area contributed by atoms with Crippen LogP contribution in [-0.4, -0.2) is 11.1 Å². The lowest BCUT2D eigenvalue weighted by molar-refractivity contribution is -0.143. The van der Waals surface area contributed by atoms with Crippen LogP contribution in [0.25, 0.3) is 0 Å². The lowest BCUT2D eigenvalue weighted by atomic mass is 9.77. The standard InChI is InChI=1S/C14H19FO2/c1-10(2)8-9-14(3,13(16)17)11-4-6-12(15)7-5-11/h4-7,10H,8-9H2,1-3H3,(H,16,17)/t14-/m0/s1. The minimum Gasteiger partial charge on any atom is -0.481 e. The zero-order chi connectivity index (χ0) is 13.1. The molecule has 0 aliphatic carbocycles. The Morgan fingerprint density at radius 2 is 1.88 bits per heavy atom. The molecule has 2 nitrogen and oxygen atoms in total. The van der Waals surface area contributed by atoms with E-state index in [2.05, 4.69) is 13.8 Å². The van der Waals surface area contributed by atoms with Crippen molar-refractivity contribution in [2.24, 2.45) is 5.92 Å². The van der Waals surface area contributed by atoms with Crippen LogP contribution in [0.4, 0.5) is 4.39 Å². The summed E-state index contributed by atoms with van der Waals surface area (Å²) in [5.74, 6) is -0.746. The van der Waals surface area contributed by atoms with Crippen LogP contribution in [0.1, 0.15) is 39.2 Å². The number of hydrogen-bond donors (Lipinski definition) is 1. The summed E-state index contributed by atoms with van der Waals surface area (Å²) in [6, 6.07) is 5.74. The van der Waals surface area contributed by atoms with E-state index < -0.39 is 11.4 Å². The molecule has 0 saturated carbocycles. The van der Waals surface area contributed by atoms with E-state index in [1.807, 2.05) is 0 Å². The van der Waals surface area contributed by atoms with E-state index >= 15 is 0 Å². The van der Waals surface area contributed by atoms with E-state index in [4.69, 9.17) is 0 Å². The number of halogens is 1. The molecule has 0 aromatic heterocycles. The highest BCUT2D eigenvalue weighted by molar-refractivity contribution is 5.80. The Bertz CT molecular complexity index is 384. The molecule has 1 N–H and O–H groups in total. The number of aliphatic carboxylic acids is 1. The van der Waals surface area contributed by atoms with Crippen molar-refractivity contribution in [2.75, 3.05) is 0 Å². The van der Waals surface area contributed by atoms with Crippen molar-refractivity contribution in [1.82, 2.24) is 0 Å². The highest BCUT2D eigenvalue weighted by atomic mass is 19.1. The maximum absolute atomic E-state index is 12.8. The fourth-order valence-electron chi connectivity index (χ4n) is 1.77. The van der Waals surface area contributed by atoms with Gasteiger partial charge < -0.3 is 5.11 Å². The van der Waals surface area contributed by atoms with Crippen molar-refractivity contribution < 1.29 is 14.3 Å². The van der Waals surface area contributed by atoms with Gasteiger partial charge in [-0.25, -0.2) is 4.39 Å². The second kappa shape index (κ2) is 5.30. The van der Waals surface area contributed by atoms with Gasteiger partial charge in [-0.3, -0.25) is 4.79 Å². The van der Waals surface area contributed by atoms with Gasteiger partial charge in [0.2, 0.25) is 0 Å². The average Bonchev–Trinajstić information content (AvgIpc) is 2.26. The maximum Gasteiger partial charge on any atom is 0.313 e. The van der Waals surface area contributed by atoms with Gasteiger partial charge in [0.25, 0.3) is 0 Å². The second-order valence-corrected chi connectivity index (χ2v) is 5.08. The fourth-order valence-corrected chi connectivity index (χ4v) is 1.77. The molecule has 0 heterocycles. The molecule has 0 saturated heterocycles. The van der Waals surface area contributed by atoms with Crippen LogP contribution in [-0.2, 0) is 10.2 Å². The zero-order valence-corrected chi connectivity index (χ0v) is 10.5. The fraction of sp³-hybridized carbons (Fsp3) is 0.500. The van der Waals surface area contributed by atoms with Crippen molar-refractivity contribution in [3.05, 3.63) is 35.6 Å². The van der Waals surface area contributed by atoms with Gasteiger partial charge in [0, 0.05) is 0 Å². The van der Waals surface area contributed by atoms with Crippen molar-refractivity contribution >= 4 is 5.97 Å². The largest absolute Gasteiger partial charge is 0.481 e. The van der Waals surface area contributed by atoms with Gasteiger partial charge >= 0.3 is 5.97 Å². The minimum atomic E-state index is -0.933. The molecule has 1 rings (SSSR count). The molecule has 0 aliphatic rings. The minimum absolute atomic E-state index is 0.342. The van der Waals surface area contributed by atoms with Crippen LogP contribution in [0.5, 0.6) is 0 Å². The molecular weight excluding hydrogens is 219 g/mol. The van der Waals surface area contributed by atoms with E-state index in [0.717, 1.165) is 6.42 Å². The molecule has 94 valence electrons. The molecule has 0 fully saturated rings. The highest BCUT2D eigenvalue weighted by Gasteiger charge is 2.34. The van der Waals surface area contributed by atoms with Gasteiger partial charge in [-0.05, 0) is 43.4 Å². The third-order valence-corrected chi connectivity index (χ3v) is 3.18. The molecule has 0 bridgehead atoms. The first-order valence-electron chi connectivity index (χ1n) is 5.85. The predicted octanol–water partition coefficient (Wildman–Crippen LogP) is 3.60. The van der Waals surface area contributed by atoms with Crippen LogP contribution < -0.4 is 0 Å². The summed E-state index contributed by atoms with van der Waals surface area (Å²) in [6.45, 7) is 5.82. The molecular formula is C14H19FO2. The number of carboxylic acid groups (broad SMARTS) is 1. The first-order valence-corrected chi connectivity index (χ1v) is 5.85. The number of carbonyl (C=O) groups is 1. The number of rotatable bonds is 5. The molecule has 1 aromatic rings. The summed E-state index contributed by atoms with van der Waals surface area (Å²) in [5, 5.41) is 9.37. The van der Waals surface area contributed by atoms with Gasteiger partial charge in [-0.1, -0.05) is 26.0 Å². The summed E-state index contributed by atoms with van der Waals surface area (Å²) in [7, 11) is 0. The predicted molar refractivity (Wildman–Crippen MR) is 65.5 cm³/mol. The highest BCUT2D eigenvalue weighted by Crippen LogP contribution is 2.31. The van der Waals surface area contributed by atoms with Gasteiger partial charge in [0.05, 0.1) is 5.41 Å². The Kier molecular flexibility index (Phi) is 4.27. The van der Waals surface area contributed by atoms with Crippen LogP contribution in [0.2, 0.25) is 0 Å². The van der Waals surface area contributed by atoms with Crippen molar-refractivity contribution in [3.8, 4) is 0 Å². The SMILES string of the molecule is CC(C)CC[C@](C)(C(=O)O)c1ccc(F)cc1. The number of carboxylic acids is 1. The van der Waals surface area contributed by atoms with Gasteiger partial charge in [-0.2, -0.15) is 0 Å². The first-order chi connectivity index (χ1) is 7.86. The van der Waals surface area contributed by atoms with Gasteiger partial charge in [0.15, 0.2) is 0 Å². The third kappa shape index (κ3) is 3.29. The number of hydrogen-bond acceptors (Lipinski definition) is 1.